The Bertz CT molecular complexity index is 428. The Hall–Kier alpha value is -1.10. The molecule has 1 aromatic rings. The minimum Gasteiger partial charge on any atom is -0.381 e. The number of likely N-dealkylation sites (tertiary alicyclic amines) is 1. The van der Waals surface area contributed by atoms with Crippen molar-refractivity contribution in [3.05, 3.63) is 35.9 Å². The van der Waals surface area contributed by atoms with Gasteiger partial charge in [0.25, 0.3) is 0 Å². The van der Waals surface area contributed by atoms with Crippen molar-refractivity contribution in [2.45, 2.75) is 37.8 Å². The van der Waals surface area contributed by atoms with E-state index in [1.54, 1.807) is 7.11 Å². The lowest BCUT2D eigenvalue weighted by atomic mass is 9.98. The number of nitrogens with two attached hydrogens (primary N) is 1. The maximum atomic E-state index is 12.4. The number of halogens is 1. The Balaban J connectivity index is 0.00000220. The molecule has 4 nitrogen and oxygen atoms in total. The zero-order chi connectivity index (χ0) is 14.4. The van der Waals surface area contributed by atoms with Crippen molar-refractivity contribution in [1.82, 2.24) is 4.90 Å². The van der Waals surface area contributed by atoms with E-state index in [-0.39, 0.29) is 30.5 Å². The highest BCUT2D eigenvalue weighted by Gasteiger charge is 2.30. The second-order valence-corrected chi connectivity index (χ2v) is 5.34. The van der Waals surface area contributed by atoms with E-state index in [4.69, 9.17) is 10.5 Å². The molecule has 1 heterocycles. The summed E-state index contributed by atoms with van der Waals surface area (Å²) >= 11 is 0. The summed E-state index contributed by atoms with van der Waals surface area (Å²) in [7, 11) is 1.73. The fourth-order valence-electron chi connectivity index (χ4n) is 2.82. The SMILES string of the molecule is COC1CCN(C(=O)CCc2ccccc2)C(CN)C1.Cl. The van der Waals surface area contributed by atoms with E-state index in [1.807, 2.05) is 23.1 Å². The summed E-state index contributed by atoms with van der Waals surface area (Å²) in [4.78, 5) is 14.3. The highest BCUT2D eigenvalue weighted by molar-refractivity contribution is 5.85. The highest BCUT2D eigenvalue weighted by atomic mass is 35.5. The molecule has 0 saturated carbocycles. The van der Waals surface area contributed by atoms with Gasteiger partial charge in [-0.05, 0) is 24.8 Å². The summed E-state index contributed by atoms with van der Waals surface area (Å²) in [6.07, 6.45) is 3.34. The van der Waals surface area contributed by atoms with Crippen molar-refractivity contribution in [2.75, 3.05) is 20.2 Å². The number of hydrogen-bond donors (Lipinski definition) is 1. The quantitative estimate of drug-likeness (QED) is 0.905. The molecule has 21 heavy (non-hydrogen) atoms. The molecule has 2 unspecified atom stereocenters. The van der Waals surface area contributed by atoms with Gasteiger partial charge in [-0.3, -0.25) is 4.79 Å². The van der Waals surface area contributed by atoms with E-state index in [2.05, 4.69) is 12.1 Å². The lowest BCUT2D eigenvalue weighted by Gasteiger charge is -2.38. The molecule has 0 aliphatic carbocycles. The molecule has 0 spiro atoms. The number of methoxy groups -OCH3 is 1. The highest BCUT2D eigenvalue weighted by Crippen LogP contribution is 2.20. The first kappa shape index (κ1) is 18.0. The first-order valence-corrected chi connectivity index (χ1v) is 7.31. The molecule has 0 radical (unpaired) electrons. The normalized spacial score (nSPS) is 21.7. The predicted molar refractivity (Wildman–Crippen MR) is 86.6 cm³/mol. The van der Waals surface area contributed by atoms with Crippen LogP contribution >= 0.6 is 12.4 Å². The van der Waals surface area contributed by atoms with Crippen LogP contribution in [0.1, 0.15) is 24.8 Å². The molecule has 2 N–H and O–H groups in total. The average molecular weight is 313 g/mol. The number of nitrogens with zero attached hydrogens (tertiary/aromatic N) is 1. The first-order chi connectivity index (χ1) is 9.74. The lowest BCUT2D eigenvalue weighted by Crippen LogP contribution is -2.51. The molecule has 2 atom stereocenters. The molecule has 1 saturated heterocycles. The van der Waals surface area contributed by atoms with Gasteiger partial charge in [0.2, 0.25) is 5.91 Å². The van der Waals surface area contributed by atoms with Crippen molar-refractivity contribution < 1.29 is 9.53 Å². The van der Waals surface area contributed by atoms with Crippen molar-refractivity contribution in [2.24, 2.45) is 5.73 Å². The van der Waals surface area contributed by atoms with E-state index in [0.29, 0.717) is 13.0 Å². The topological polar surface area (TPSA) is 55.6 Å². The van der Waals surface area contributed by atoms with Gasteiger partial charge in [-0.1, -0.05) is 30.3 Å². The summed E-state index contributed by atoms with van der Waals surface area (Å²) < 4.78 is 5.39. The fourth-order valence-corrected chi connectivity index (χ4v) is 2.82. The van der Waals surface area contributed by atoms with Crippen LogP contribution in [0.15, 0.2) is 30.3 Å². The largest absolute Gasteiger partial charge is 0.381 e. The molecule has 118 valence electrons. The van der Waals surface area contributed by atoms with E-state index < -0.39 is 0 Å². The smallest absolute Gasteiger partial charge is 0.223 e. The van der Waals surface area contributed by atoms with Crippen LogP contribution < -0.4 is 5.73 Å². The summed E-state index contributed by atoms with van der Waals surface area (Å²) in [5.41, 5.74) is 7.01. The van der Waals surface area contributed by atoms with Crippen LogP contribution in [0.2, 0.25) is 0 Å². The number of ether oxygens (including phenoxy) is 1. The number of hydrogen-bond acceptors (Lipinski definition) is 3. The Morgan fingerprint density at radius 2 is 2.10 bits per heavy atom. The first-order valence-electron chi connectivity index (χ1n) is 7.31. The molecule has 1 amide bonds. The van der Waals surface area contributed by atoms with E-state index in [0.717, 1.165) is 25.8 Å². The van der Waals surface area contributed by atoms with Crippen molar-refractivity contribution >= 4 is 18.3 Å². The summed E-state index contributed by atoms with van der Waals surface area (Å²) in [6, 6.07) is 10.2. The van der Waals surface area contributed by atoms with Gasteiger partial charge in [0.1, 0.15) is 0 Å². The molecule has 2 rings (SSSR count). The van der Waals surface area contributed by atoms with Crippen LogP contribution in [-0.4, -0.2) is 43.2 Å². The Morgan fingerprint density at radius 3 is 2.71 bits per heavy atom. The van der Waals surface area contributed by atoms with Gasteiger partial charge < -0.3 is 15.4 Å². The minimum absolute atomic E-state index is 0. The van der Waals surface area contributed by atoms with E-state index >= 15 is 0 Å². The van der Waals surface area contributed by atoms with E-state index in [9.17, 15) is 4.79 Å². The zero-order valence-corrected chi connectivity index (χ0v) is 13.3. The van der Waals surface area contributed by atoms with Crippen molar-refractivity contribution in [3.63, 3.8) is 0 Å². The van der Waals surface area contributed by atoms with Crippen LogP contribution in [0.25, 0.3) is 0 Å². The van der Waals surface area contributed by atoms with Gasteiger partial charge >= 0.3 is 0 Å². The maximum absolute atomic E-state index is 12.4. The average Bonchev–Trinajstić information content (AvgIpc) is 2.52. The Morgan fingerprint density at radius 1 is 1.38 bits per heavy atom. The number of carbonyl (C=O) groups is 1. The van der Waals surface area contributed by atoms with E-state index in [1.165, 1.54) is 5.56 Å². The Labute approximate surface area is 133 Å². The van der Waals surface area contributed by atoms with Crippen molar-refractivity contribution in [1.29, 1.82) is 0 Å². The van der Waals surface area contributed by atoms with Gasteiger partial charge in [-0.25, -0.2) is 0 Å². The molecule has 1 aliphatic heterocycles. The molecular formula is C16H25ClN2O2. The van der Waals surface area contributed by atoms with Crippen LogP contribution in [0, 0.1) is 0 Å². The number of aryl methyl sites for hydroxylation is 1. The zero-order valence-electron chi connectivity index (χ0n) is 12.5. The third-order valence-electron chi connectivity index (χ3n) is 4.06. The van der Waals surface area contributed by atoms with Gasteiger partial charge in [-0.2, -0.15) is 0 Å². The third-order valence-corrected chi connectivity index (χ3v) is 4.06. The number of benzene rings is 1. The van der Waals surface area contributed by atoms with Crippen molar-refractivity contribution in [3.8, 4) is 0 Å². The molecule has 1 fully saturated rings. The van der Waals surface area contributed by atoms with Gasteiger partial charge in [0.15, 0.2) is 0 Å². The summed E-state index contributed by atoms with van der Waals surface area (Å²) in [5, 5.41) is 0. The monoisotopic (exact) mass is 312 g/mol. The summed E-state index contributed by atoms with van der Waals surface area (Å²) in [5.74, 6) is 0.207. The fraction of sp³-hybridized carbons (Fsp3) is 0.562. The predicted octanol–water partition coefficient (Wildman–Crippen LogP) is 2.01. The number of rotatable bonds is 5. The van der Waals surface area contributed by atoms with Gasteiger partial charge in [0, 0.05) is 32.7 Å². The molecule has 1 aromatic carbocycles. The number of amides is 1. The van der Waals surface area contributed by atoms with Crippen LogP contribution in [0.4, 0.5) is 0 Å². The summed E-state index contributed by atoms with van der Waals surface area (Å²) in [6.45, 7) is 1.27. The molecular weight excluding hydrogens is 288 g/mol. The molecule has 1 aliphatic rings. The maximum Gasteiger partial charge on any atom is 0.223 e. The molecule has 0 aromatic heterocycles. The number of carbonyl (C=O) groups excluding carboxylic acids is 1. The third kappa shape index (κ3) is 4.99. The van der Waals surface area contributed by atoms with Crippen LogP contribution in [0.5, 0.6) is 0 Å². The van der Waals surface area contributed by atoms with Crippen LogP contribution in [0.3, 0.4) is 0 Å². The van der Waals surface area contributed by atoms with Gasteiger partial charge in [0.05, 0.1) is 6.10 Å². The van der Waals surface area contributed by atoms with Crippen LogP contribution in [-0.2, 0) is 16.0 Å². The Kier molecular flexibility index (Phi) is 7.72. The second-order valence-electron chi connectivity index (χ2n) is 5.34. The standard InChI is InChI=1S/C16H24N2O2.ClH/c1-20-15-9-10-18(14(11-15)12-17)16(19)8-7-13-5-3-2-4-6-13;/h2-6,14-15H,7-12,17H2,1H3;1H. The lowest BCUT2D eigenvalue weighted by molar-refractivity contribution is -0.136. The minimum atomic E-state index is 0. The number of piperidine rings is 1. The van der Waals surface area contributed by atoms with Gasteiger partial charge in [-0.15, -0.1) is 12.4 Å². The molecule has 0 bridgehead atoms. The molecule has 5 heteroatoms. The second kappa shape index (κ2) is 9.03.